The average Bonchev–Trinajstić information content (AvgIpc) is 2.13. The van der Waals surface area contributed by atoms with Crippen molar-refractivity contribution >= 4 is 19.7 Å². The van der Waals surface area contributed by atoms with Gasteiger partial charge >= 0.3 is 0 Å². The normalized spacial score (nSPS) is 12.1. The van der Waals surface area contributed by atoms with E-state index < -0.39 is 9.05 Å². The zero-order valence-corrected chi connectivity index (χ0v) is 9.50. The molecule has 0 aliphatic heterocycles. The Morgan fingerprint density at radius 3 is 2.53 bits per heavy atom. The molecule has 1 rings (SSSR count). The Hall–Kier alpha value is -1.00. The molecule has 0 aliphatic rings. The summed E-state index contributed by atoms with van der Waals surface area (Å²) in [5, 5.41) is 9.39. The summed E-state index contributed by atoms with van der Waals surface area (Å²) < 4.78 is 21.1. The van der Waals surface area contributed by atoms with E-state index >= 15 is 0 Å². The SMILES string of the molecule is O=S(=O)(Cl)C/C=C\Cc1ccccc1O. The Kier molecular flexibility index (Phi) is 4.17. The summed E-state index contributed by atoms with van der Waals surface area (Å²) in [5.41, 5.74) is 0.751. The molecule has 0 heterocycles. The first kappa shape index (κ1) is 12.1. The summed E-state index contributed by atoms with van der Waals surface area (Å²) in [6.07, 6.45) is 3.61. The molecule has 1 aromatic carbocycles. The van der Waals surface area contributed by atoms with Gasteiger partial charge in [0.25, 0.3) is 0 Å². The highest BCUT2D eigenvalue weighted by atomic mass is 35.7. The maximum atomic E-state index is 10.6. The molecule has 1 N–H and O–H groups in total. The quantitative estimate of drug-likeness (QED) is 0.654. The van der Waals surface area contributed by atoms with E-state index in [0.29, 0.717) is 6.42 Å². The lowest BCUT2D eigenvalue weighted by atomic mass is 10.1. The lowest BCUT2D eigenvalue weighted by Crippen LogP contribution is -1.92. The van der Waals surface area contributed by atoms with Crippen molar-refractivity contribution in [3.8, 4) is 5.75 Å². The molecule has 0 radical (unpaired) electrons. The Morgan fingerprint density at radius 1 is 1.27 bits per heavy atom. The molecule has 0 spiro atoms. The maximum Gasteiger partial charge on any atom is 0.236 e. The molecular formula is C10H11ClO3S. The molecule has 3 nitrogen and oxygen atoms in total. The molecule has 1 aromatic rings. The van der Waals surface area contributed by atoms with Crippen LogP contribution in [-0.4, -0.2) is 19.3 Å². The fourth-order valence-electron chi connectivity index (χ4n) is 1.08. The average molecular weight is 247 g/mol. The third-order valence-electron chi connectivity index (χ3n) is 1.79. The second-order valence-corrected chi connectivity index (χ2v) is 5.83. The summed E-state index contributed by atoms with van der Waals surface area (Å²) in [6, 6.07) is 6.89. The van der Waals surface area contributed by atoms with Gasteiger partial charge in [-0.2, -0.15) is 0 Å². The Morgan fingerprint density at radius 2 is 1.93 bits per heavy atom. The van der Waals surface area contributed by atoms with Crippen LogP contribution >= 0.6 is 10.7 Å². The minimum atomic E-state index is -3.47. The van der Waals surface area contributed by atoms with Gasteiger partial charge in [0, 0.05) is 10.7 Å². The molecule has 0 atom stereocenters. The third-order valence-corrected chi connectivity index (χ3v) is 2.76. The molecule has 5 heteroatoms. The first-order valence-electron chi connectivity index (χ1n) is 4.33. The second-order valence-electron chi connectivity index (χ2n) is 3.01. The van der Waals surface area contributed by atoms with Crippen molar-refractivity contribution in [2.45, 2.75) is 6.42 Å². The summed E-state index contributed by atoms with van der Waals surface area (Å²) in [5.74, 6) is 0.0122. The molecular weight excluding hydrogens is 236 g/mol. The van der Waals surface area contributed by atoms with Crippen LogP contribution in [0.1, 0.15) is 5.56 Å². The largest absolute Gasteiger partial charge is 0.508 e. The highest BCUT2D eigenvalue weighted by Crippen LogP contribution is 2.16. The van der Waals surface area contributed by atoms with Crippen molar-refractivity contribution in [3.63, 3.8) is 0 Å². The van der Waals surface area contributed by atoms with E-state index in [1.165, 1.54) is 6.08 Å². The van der Waals surface area contributed by atoms with Crippen LogP contribution in [-0.2, 0) is 15.5 Å². The van der Waals surface area contributed by atoms with Gasteiger partial charge in [0.05, 0.1) is 5.75 Å². The first-order valence-corrected chi connectivity index (χ1v) is 6.81. The summed E-state index contributed by atoms with van der Waals surface area (Å²) in [7, 11) is 1.55. The first-order chi connectivity index (χ1) is 6.99. The molecule has 0 saturated carbocycles. The lowest BCUT2D eigenvalue weighted by molar-refractivity contribution is 0.470. The number of allylic oxidation sites excluding steroid dienone is 1. The van der Waals surface area contributed by atoms with E-state index in [1.807, 2.05) is 0 Å². The Labute approximate surface area is 93.4 Å². The molecule has 0 fully saturated rings. The van der Waals surface area contributed by atoms with Gasteiger partial charge in [0.15, 0.2) is 0 Å². The van der Waals surface area contributed by atoms with Gasteiger partial charge in [-0.15, -0.1) is 0 Å². The zero-order chi connectivity index (χ0) is 11.3. The van der Waals surface area contributed by atoms with Gasteiger partial charge in [0.2, 0.25) is 9.05 Å². The molecule has 0 aromatic heterocycles. The van der Waals surface area contributed by atoms with Crippen LogP contribution in [0, 0.1) is 0 Å². The number of para-hydroxylation sites is 1. The number of aromatic hydroxyl groups is 1. The van der Waals surface area contributed by atoms with Crippen LogP contribution in [0.5, 0.6) is 5.75 Å². The molecule has 0 saturated heterocycles. The molecule has 0 unspecified atom stereocenters. The second kappa shape index (κ2) is 5.19. The molecule has 0 bridgehead atoms. The van der Waals surface area contributed by atoms with Crippen LogP contribution in [0.3, 0.4) is 0 Å². The minimum absolute atomic E-state index is 0.192. The number of phenols is 1. The molecule has 0 amide bonds. The van der Waals surface area contributed by atoms with Crippen molar-refractivity contribution in [2.24, 2.45) is 0 Å². The Balaban J connectivity index is 2.55. The fourth-order valence-corrected chi connectivity index (χ4v) is 1.66. The smallest absolute Gasteiger partial charge is 0.236 e. The Bertz CT molecular complexity index is 451. The standard InChI is InChI=1S/C10H11ClO3S/c11-15(13,14)8-4-3-6-9-5-1-2-7-10(9)12/h1-5,7,12H,6,8H2/b4-3-. The number of halogens is 1. The van der Waals surface area contributed by atoms with E-state index in [1.54, 1.807) is 30.3 Å². The molecule has 15 heavy (non-hydrogen) atoms. The van der Waals surface area contributed by atoms with Gasteiger partial charge in [-0.1, -0.05) is 30.4 Å². The number of phenolic OH excluding ortho intramolecular Hbond substituents is 1. The van der Waals surface area contributed by atoms with Gasteiger partial charge in [-0.25, -0.2) is 8.42 Å². The van der Waals surface area contributed by atoms with Crippen LogP contribution in [0.25, 0.3) is 0 Å². The molecule has 82 valence electrons. The monoisotopic (exact) mass is 246 g/mol. The van der Waals surface area contributed by atoms with Gasteiger partial charge in [0.1, 0.15) is 5.75 Å². The van der Waals surface area contributed by atoms with Crippen molar-refractivity contribution in [2.75, 3.05) is 5.75 Å². The zero-order valence-electron chi connectivity index (χ0n) is 7.93. The van der Waals surface area contributed by atoms with Crippen LogP contribution in [0.2, 0.25) is 0 Å². The minimum Gasteiger partial charge on any atom is -0.508 e. The topological polar surface area (TPSA) is 54.4 Å². The van der Waals surface area contributed by atoms with Crippen molar-refractivity contribution in [1.29, 1.82) is 0 Å². The highest BCUT2D eigenvalue weighted by Gasteiger charge is 2.00. The van der Waals surface area contributed by atoms with Crippen LogP contribution in [0.4, 0.5) is 0 Å². The van der Waals surface area contributed by atoms with Crippen molar-refractivity contribution in [3.05, 3.63) is 42.0 Å². The van der Waals surface area contributed by atoms with Gasteiger partial charge in [-0.05, 0) is 18.1 Å². The fraction of sp³-hybridized carbons (Fsp3) is 0.200. The van der Waals surface area contributed by atoms with Gasteiger partial charge in [-0.3, -0.25) is 0 Å². The van der Waals surface area contributed by atoms with E-state index in [2.05, 4.69) is 0 Å². The van der Waals surface area contributed by atoms with Crippen LogP contribution in [0.15, 0.2) is 36.4 Å². The van der Waals surface area contributed by atoms with Crippen LogP contribution < -0.4 is 0 Å². The number of hydrogen-bond acceptors (Lipinski definition) is 3. The van der Waals surface area contributed by atoms with E-state index in [-0.39, 0.29) is 11.5 Å². The van der Waals surface area contributed by atoms with E-state index in [4.69, 9.17) is 10.7 Å². The summed E-state index contributed by atoms with van der Waals surface area (Å²) in [4.78, 5) is 0. The van der Waals surface area contributed by atoms with Crippen molar-refractivity contribution in [1.82, 2.24) is 0 Å². The number of hydrogen-bond donors (Lipinski definition) is 1. The molecule has 0 aliphatic carbocycles. The highest BCUT2D eigenvalue weighted by molar-refractivity contribution is 8.13. The van der Waals surface area contributed by atoms with Gasteiger partial charge < -0.3 is 5.11 Å². The van der Waals surface area contributed by atoms with E-state index in [9.17, 15) is 13.5 Å². The maximum absolute atomic E-state index is 10.6. The summed E-state index contributed by atoms with van der Waals surface area (Å²) >= 11 is 0. The summed E-state index contributed by atoms with van der Waals surface area (Å²) in [6.45, 7) is 0. The number of rotatable bonds is 4. The van der Waals surface area contributed by atoms with E-state index in [0.717, 1.165) is 5.56 Å². The number of benzene rings is 1. The predicted molar refractivity (Wildman–Crippen MR) is 60.6 cm³/mol. The lowest BCUT2D eigenvalue weighted by Gasteiger charge is -1.99. The third kappa shape index (κ3) is 4.85. The predicted octanol–water partition coefficient (Wildman–Crippen LogP) is 2.06. The van der Waals surface area contributed by atoms with Crippen molar-refractivity contribution < 1.29 is 13.5 Å².